The monoisotopic (exact) mass is 296 g/mol. The van der Waals surface area contributed by atoms with Crippen molar-refractivity contribution in [2.75, 3.05) is 19.6 Å². The molecule has 21 heavy (non-hydrogen) atoms. The summed E-state index contributed by atoms with van der Waals surface area (Å²) in [6.07, 6.45) is 3.39. The highest BCUT2D eigenvalue weighted by Gasteiger charge is 2.23. The first-order valence-corrected chi connectivity index (χ1v) is 7.52. The van der Waals surface area contributed by atoms with Gasteiger partial charge in [-0.15, -0.1) is 0 Å². The molecule has 1 aromatic rings. The first-order chi connectivity index (χ1) is 10.1. The van der Waals surface area contributed by atoms with E-state index in [-0.39, 0.29) is 11.5 Å². The Bertz CT molecular complexity index is 473. The summed E-state index contributed by atoms with van der Waals surface area (Å²) in [5, 5.41) is 0. The molecule has 5 heteroatoms. The van der Waals surface area contributed by atoms with Crippen molar-refractivity contribution in [2.45, 2.75) is 32.1 Å². The van der Waals surface area contributed by atoms with Gasteiger partial charge in [0.05, 0.1) is 0 Å². The maximum atomic E-state index is 13.6. The number of hydrogen-bond acceptors (Lipinski definition) is 2. The molecule has 0 bridgehead atoms. The zero-order chi connectivity index (χ0) is 15.2. The Morgan fingerprint density at radius 3 is 2.71 bits per heavy atom. The van der Waals surface area contributed by atoms with E-state index in [9.17, 15) is 13.6 Å². The number of amides is 1. The van der Waals surface area contributed by atoms with Crippen LogP contribution in [0.2, 0.25) is 0 Å². The van der Waals surface area contributed by atoms with Crippen molar-refractivity contribution in [3.63, 3.8) is 0 Å². The van der Waals surface area contributed by atoms with Crippen LogP contribution in [0.3, 0.4) is 0 Å². The van der Waals surface area contributed by atoms with Crippen LogP contribution in [0.5, 0.6) is 0 Å². The first-order valence-electron chi connectivity index (χ1n) is 7.52. The number of rotatable bonds is 5. The molecule has 2 rings (SSSR count). The predicted molar refractivity (Wildman–Crippen MR) is 77.7 cm³/mol. The highest BCUT2D eigenvalue weighted by Crippen LogP contribution is 2.23. The largest absolute Gasteiger partial charge is 0.342 e. The van der Waals surface area contributed by atoms with Crippen molar-refractivity contribution < 1.29 is 13.6 Å². The van der Waals surface area contributed by atoms with E-state index in [0.717, 1.165) is 19.4 Å². The normalized spacial score (nSPS) is 18.8. The lowest BCUT2D eigenvalue weighted by Crippen LogP contribution is -2.40. The Kier molecular flexibility index (Phi) is 5.67. The number of carbonyl (C=O) groups is 1. The topological polar surface area (TPSA) is 46.3 Å². The van der Waals surface area contributed by atoms with Gasteiger partial charge in [0, 0.05) is 31.6 Å². The molecule has 0 spiro atoms. The Labute approximate surface area is 124 Å². The maximum Gasteiger partial charge on any atom is 0.223 e. The van der Waals surface area contributed by atoms with Gasteiger partial charge in [0.15, 0.2) is 0 Å². The molecule has 0 saturated carbocycles. The molecule has 1 heterocycles. The maximum absolute atomic E-state index is 13.6. The third kappa shape index (κ3) is 4.24. The van der Waals surface area contributed by atoms with Crippen molar-refractivity contribution in [2.24, 2.45) is 11.7 Å². The van der Waals surface area contributed by atoms with Gasteiger partial charge in [0.25, 0.3) is 0 Å². The van der Waals surface area contributed by atoms with Gasteiger partial charge in [-0.05, 0) is 43.7 Å². The van der Waals surface area contributed by atoms with E-state index in [2.05, 4.69) is 0 Å². The number of nitrogens with two attached hydrogens (primary N) is 1. The summed E-state index contributed by atoms with van der Waals surface area (Å²) in [4.78, 5) is 13.7. The summed E-state index contributed by atoms with van der Waals surface area (Å²) in [7, 11) is 0. The second kappa shape index (κ2) is 7.50. The van der Waals surface area contributed by atoms with Gasteiger partial charge >= 0.3 is 0 Å². The van der Waals surface area contributed by atoms with E-state index in [0.29, 0.717) is 38.3 Å². The van der Waals surface area contributed by atoms with E-state index in [1.54, 1.807) is 0 Å². The van der Waals surface area contributed by atoms with Gasteiger partial charge in [-0.1, -0.05) is 6.07 Å². The second-order valence-electron chi connectivity index (χ2n) is 5.63. The van der Waals surface area contributed by atoms with Crippen LogP contribution < -0.4 is 5.73 Å². The number of benzene rings is 1. The summed E-state index contributed by atoms with van der Waals surface area (Å²) in [5.41, 5.74) is 5.56. The molecular formula is C16H22F2N2O. The van der Waals surface area contributed by atoms with Crippen molar-refractivity contribution in [3.05, 3.63) is 35.4 Å². The SMILES string of the molecule is NCCC(=O)N1CCC[C@H](CCc2c(F)cccc2F)C1. The predicted octanol–water partition coefficient (Wildman–Crippen LogP) is 2.48. The minimum atomic E-state index is -0.484. The quantitative estimate of drug-likeness (QED) is 0.907. The van der Waals surface area contributed by atoms with Gasteiger partial charge in [0.2, 0.25) is 5.91 Å². The Hall–Kier alpha value is -1.49. The van der Waals surface area contributed by atoms with E-state index >= 15 is 0 Å². The number of halogens is 2. The molecule has 0 aliphatic carbocycles. The smallest absolute Gasteiger partial charge is 0.223 e. The highest BCUT2D eigenvalue weighted by molar-refractivity contribution is 5.76. The lowest BCUT2D eigenvalue weighted by Gasteiger charge is -2.33. The minimum absolute atomic E-state index is 0.0827. The Morgan fingerprint density at radius 1 is 1.33 bits per heavy atom. The third-order valence-electron chi connectivity index (χ3n) is 4.09. The van der Waals surface area contributed by atoms with Crippen LogP contribution in [0.4, 0.5) is 8.78 Å². The summed E-state index contributed by atoms with van der Waals surface area (Å²) < 4.78 is 27.2. The van der Waals surface area contributed by atoms with Crippen LogP contribution in [0, 0.1) is 17.6 Å². The molecule has 2 N–H and O–H groups in total. The molecule has 1 atom stereocenters. The molecular weight excluding hydrogens is 274 g/mol. The molecule has 1 amide bonds. The lowest BCUT2D eigenvalue weighted by molar-refractivity contribution is -0.132. The number of carbonyl (C=O) groups excluding carboxylic acids is 1. The Morgan fingerprint density at radius 2 is 2.05 bits per heavy atom. The molecule has 116 valence electrons. The van der Waals surface area contributed by atoms with E-state index in [1.807, 2.05) is 4.90 Å². The average Bonchev–Trinajstić information content (AvgIpc) is 2.47. The second-order valence-corrected chi connectivity index (χ2v) is 5.63. The Balaban J connectivity index is 1.90. The summed E-state index contributed by atoms with van der Waals surface area (Å²) >= 11 is 0. The fourth-order valence-electron chi connectivity index (χ4n) is 2.93. The molecule has 3 nitrogen and oxygen atoms in total. The fraction of sp³-hybridized carbons (Fsp3) is 0.562. The number of nitrogens with zero attached hydrogens (tertiary/aromatic N) is 1. The van der Waals surface area contributed by atoms with Crippen molar-refractivity contribution in [3.8, 4) is 0 Å². The van der Waals surface area contributed by atoms with E-state index < -0.39 is 11.6 Å². The molecule has 0 radical (unpaired) electrons. The fourth-order valence-corrected chi connectivity index (χ4v) is 2.93. The van der Waals surface area contributed by atoms with Crippen molar-refractivity contribution in [1.82, 2.24) is 4.90 Å². The van der Waals surface area contributed by atoms with Crippen LogP contribution in [-0.2, 0) is 11.2 Å². The summed E-state index contributed by atoms with van der Waals surface area (Å²) in [5.74, 6) is -0.581. The molecule has 0 unspecified atom stereocenters. The van der Waals surface area contributed by atoms with Gasteiger partial charge in [-0.2, -0.15) is 0 Å². The summed E-state index contributed by atoms with van der Waals surface area (Å²) in [6, 6.07) is 3.95. The minimum Gasteiger partial charge on any atom is -0.342 e. The number of likely N-dealkylation sites (tertiary alicyclic amines) is 1. The van der Waals surface area contributed by atoms with Crippen molar-refractivity contribution >= 4 is 5.91 Å². The van der Waals surface area contributed by atoms with E-state index in [4.69, 9.17) is 5.73 Å². The molecule has 0 aromatic heterocycles. The van der Waals surface area contributed by atoms with Crippen LogP contribution in [-0.4, -0.2) is 30.4 Å². The van der Waals surface area contributed by atoms with Crippen LogP contribution in [0.15, 0.2) is 18.2 Å². The molecule has 1 aliphatic rings. The number of hydrogen-bond donors (Lipinski definition) is 1. The molecule has 1 fully saturated rings. The van der Waals surface area contributed by atoms with Gasteiger partial charge < -0.3 is 10.6 Å². The lowest BCUT2D eigenvalue weighted by atomic mass is 9.91. The van der Waals surface area contributed by atoms with Gasteiger partial charge in [0.1, 0.15) is 11.6 Å². The highest BCUT2D eigenvalue weighted by atomic mass is 19.1. The molecule has 1 aromatic carbocycles. The zero-order valence-corrected chi connectivity index (χ0v) is 12.2. The first kappa shape index (κ1) is 15.9. The zero-order valence-electron chi connectivity index (χ0n) is 12.2. The summed E-state index contributed by atoms with van der Waals surface area (Å²) in [6.45, 7) is 1.80. The standard InChI is InChI=1S/C16H22F2N2O/c17-14-4-1-5-15(18)13(14)7-6-12-3-2-10-20(11-12)16(21)8-9-19/h1,4-5,12H,2-3,6-11,19H2/t12-/m1/s1. The van der Waals surface area contributed by atoms with Crippen LogP contribution >= 0.6 is 0 Å². The van der Waals surface area contributed by atoms with Gasteiger partial charge in [-0.25, -0.2) is 8.78 Å². The number of piperidine rings is 1. The van der Waals surface area contributed by atoms with Crippen LogP contribution in [0.25, 0.3) is 0 Å². The average molecular weight is 296 g/mol. The molecule has 1 aliphatic heterocycles. The van der Waals surface area contributed by atoms with E-state index in [1.165, 1.54) is 18.2 Å². The third-order valence-corrected chi connectivity index (χ3v) is 4.09. The van der Waals surface area contributed by atoms with Crippen LogP contribution in [0.1, 0.15) is 31.2 Å². The molecule has 1 saturated heterocycles. The van der Waals surface area contributed by atoms with Gasteiger partial charge in [-0.3, -0.25) is 4.79 Å². The van der Waals surface area contributed by atoms with Crippen molar-refractivity contribution in [1.29, 1.82) is 0 Å².